The van der Waals surface area contributed by atoms with Gasteiger partial charge in [0.2, 0.25) is 0 Å². The van der Waals surface area contributed by atoms with Crippen molar-refractivity contribution in [3.8, 4) is 0 Å². The summed E-state index contributed by atoms with van der Waals surface area (Å²) in [6, 6.07) is 10.7. The second kappa shape index (κ2) is 8.80. The summed E-state index contributed by atoms with van der Waals surface area (Å²) >= 11 is 1.73. The third-order valence-electron chi connectivity index (χ3n) is 3.31. The molecule has 0 radical (unpaired) electrons. The van der Waals surface area contributed by atoms with Crippen molar-refractivity contribution in [2.45, 2.75) is 26.8 Å². The summed E-state index contributed by atoms with van der Waals surface area (Å²) in [5, 5.41) is 3.21. The highest BCUT2D eigenvalue weighted by atomic mass is 32.1. The molecule has 0 unspecified atom stereocenters. The molecule has 0 spiro atoms. The zero-order valence-electron chi connectivity index (χ0n) is 13.0. The molecular weight excluding hydrogens is 278 g/mol. The summed E-state index contributed by atoms with van der Waals surface area (Å²) in [5.74, 6) is 0. The molecule has 21 heavy (non-hydrogen) atoms. The molecule has 3 nitrogen and oxygen atoms in total. The van der Waals surface area contributed by atoms with E-state index in [0.29, 0.717) is 0 Å². The van der Waals surface area contributed by atoms with Gasteiger partial charge in [0.05, 0.1) is 0 Å². The molecule has 0 bridgehead atoms. The predicted molar refractivity (Wildman–Crippen MR) is 92.0 cm³/mol. The lowest BCUT2D eigenvalue weighted by molar-refractivity contribution is 0.250. The van der Waals surface area contributed by atoms with Crippen LogP contribution in [0.2, 0.25) is 0 Å². The van der Waals surface area contributed by atoms with Crippen LogP contribution in [-0.2, 0) is 6.54 Å². The molecule has 0 amide bonds. The van der Waals surface area contributed by atoms with Crippen molar-refractivity contribution in [3.05, 3.63) is 47.5 Å². The van der Waals surface area contributed by atoms with Crippen molar-refractivity contribution < 1.29 is 0 Å². The summed E-state index contributed by atoms with van der Waals surface area (Å²) in [5.41, 5.74) is 1.40. The number of hydrogen-bond donors (Lipinski definition) is 0. The van der Waals surface area contributed by atoms with Crippen LogP contribution in [-0.4, -0.2) is 36.1 Å². The maximum absolute atomic E-state index is 4.37. The van der Waals surface area contributed by atoms with Gasteiger partial charge in [0.15, 0.2) is 5.13 Å². The van der Waals surface area contributed by atoms with Crippen LogP contribution >= 0.6 is 11.3 Å². The lowest BCUT2D eigenvalue weighted by Crippen LogP contribution is -2.45. The first-order valence-electron chi connectivity index (χ1n) is 7.74. The van der Waals surface area contributed by atoms with Crippen molar-refractivity contribution in [1.82, 2.24) is 9.88 Å². The Labute approximate surface area is 132 Å². The standard InChI is InChI=1S/C14H17N3S.C3H8/c1-2-4-13(5-3-1)12-16-7-9-17(10-8-16)14-15-6-11-18-14;1-3-2/h1-6,11H,7-10,12H2;3H2,1-2H3. The third-order valence-corrected chi connectivity index (χ3v) is 4.14. The van der Waals surface area contributed by atoms with Crippen LogP contribution in [0, 0.1) is 0 Å². The number of piperazine rings is 1. The van der Waals surface area contributed by atoms with Crippen molar-refractivity contribution in [2.75, 3.05) is 31.1 Å². The summed E-state index contributed by atoms with van der Waals surface area (Å²) in [7, 11) is 0. The molecule has 3 rings (SSSR count). The first-order chi connectivity index (χ1) is 10.3. The highest BCUT2D eigenvalue weighted by Gasteiger charge is 2.18. The van der Waals surface area contributed by atoms with Crippen LogP contribution in [0.4, 0.5) is 5.13 Å². The van der Waals surface area contributed by atoms with E-state index in [0.717, 1.165) is 37.9 Å². The zero-order chi connectivity index (χ0) is 14.9. The number of hydrogen-bond acceptors (Lipinski definition) is 4. The van der Waals surface area contributed by atoms with Gasteiger partial charge < -0.3 is 4.90 Å². The summed E-state index contributed by atoms with van der Waals surface area (Å²) < 4.78 is 0. The first-order valence-corrected chi connectivity index (χ1v) is 8.62. The number of rotatable bonds is 3. The van der Waals surface area contributed by atoms with Gasteiger partial charge in [-0.2, -0.15) is 0 Å². The average Bonchev–Trinajstić information content (AvgIpc) is 3.04. The number of benzene rings is 1. The molecule has 1 aromatic carbocycles. The van der Waals surface area contributed by atoms with Gasteiger partial charge in [-0.3, -0.25) is 4.90 Å². The van der Waals surface area contributed by atoms with Gasteiger partial charge in [-0.1, -0.05) is 50.6 Å². The molecule has 1 saturated heterocycles. The zero-order valence-corrected chi connectivity index (χ0v) is 13.9. The van der Waals surface area contributed by atoms with Crippen LogP contribution < -0.4 is 4.90 Å². The lowest BCUT2D eigenvalue weighted by Gasteiger charge is -2.34. The fraction of sp³-hybridized carbons (Fsp3) is 0.471. The second-order valence-electron chi connectivity index (χ2n) is 5.27. The minimum absolute atomic E-state index is 1.06. The molecule has 2 heterocycles. The Balaban J connectivity index is 0.000000497. The lowest BCUT2D eigenvalue weighted by atomic mass is 10.2. The fourth-order valence-electron chi connectivity index (χ4n) is 2.31. The van der Waals surface area contributed by atoms with Crippen LogP contribution in [0.1, 0.15) is 25.8 Å². The summed E-state index contributed by atoms with van der Waals surface area (Å²) in [4.78, 5) is 9.27. The van der Waals surface area contributed by atoms with Gasteiger partial charge in [-0.25, -0.2) is 4.98 Å². The summed E-state index contributed by atoms with van der Waals surface area (Å²) in [6.45, 7) is 9.72. The molecule has 0 atom stereocenters. The average molecular weight is 303 g/mol. The fourth-order valence-corrected chi connectivity index (χ4v) is 3.01. The van der Waals surface area contributed by atoms with Crippen LogP contribution in [0.15, 0.2) is 41.9 Å². The Morgan fingerprint density at radius 1 is 1.05 bits per heavy atom. The Morgan fingerprint density at radius 2 is 1.71 bits per heavy atom. The molecule has 114 valence electrons. The second-order valence-corrected chi connectivity index (χ2v) is 6.14. The molecular formula is C17H25N3S. The van der Waals surface area contributed by atoms with Gasteiger partial charge >= 0.3 is 0 Å². The van der Waals surface area contributed by atoms with Gasteiger partial charge in [0.1, 0.15) is 0 Å². The van der Waals surface area contributed by atoms with Crippen LogP contribution in [0.5, 0.6) is 0 Å². The minimum atomic E-state index is 1.06. The quantitative estimate of drug-likeness (QED) is 0.858. The van der Waals surface area contributed by atoms with Crippen molar-refractivity contribution in [3.63, 3.8) is 0 Å². The van der Waals surface area contributed by atoms with Gasteiger partial charge in [-0.05, 0) is 5.56 Å². The molecule has 1 aromatic heterocycles. The van der Waals surface area contributed by atoms with E-state index in [1.54, 1.807) is 11.3 Å². The molecule has 2 aromatic rings. The first kappa shape index (κ1) is 16.0. The van der Waals surface area contributed by atoms with Crippen molar-refractivity contribution >= 4 is 16.5 Å². The predicted octanol–water partition coefficient (Wildman–Crippen LogP) is 3.88. The van der Waals surface area contributed by atoms with Gasteiger partial charge in [0, 0.05) is 44.3 Å². The molecule has 1 aliphatic rings. The number of aromatic nitrogens is 1. The molecule has 1 aliphatic heterocycles. The van der Waals surface area contributed by atoms with Gasteiger partial charge in [0.25, 0.3) is 0 Å². The summed E-state index contributed by atoms with van der Waals surface area (Å²) in [6.07, 6.45) is 3.14. The Morgan fingerprint density at radius 3 is 2.29 bits per heavy atom. The molecule has 1 fully saturated rings. The maximum Gasteiger partial charge on any atom is 0.185 e. The third kappa shape index (κ3) is 5.14. The van der Waals surface area contributed by atoms with E-state index < -0.39 is 0 Å². The topological polar surface area (TPSA) is 19.4 Å². The number of nitrogens with zero attached hydrogens (tertiary/aromatic N) is 3. The Kier molecular flexibility index (Phi) is 6.70. The molecule has 0 saturated carbocycles. The van der Waals surface area contributed by atoms with E-state index >= 15 is 0 Å². The Hall–Kier alpha value is -1.39. The van der Waals surface area contributed by atoms with Crippen molar-refractivity contribution in [1.29, 1.82) is 0 Å². The molecule has 4 heteroatoms. The number of anilines is 1. The highest BCUT2D eigenvalue weighted by molar-refractivity contribution is 7.13. The van der Waals surface area contributed by atoms with Gasteiger partial charge in [-0.15, -0.1) is 11.3 Å². The smallest absolute Gasteiger partial charge is 0.185 e. The largest absolute Gasteiger partial charge is 0.346 e. The van der Waals surface area contributed by atoms with E-state index in [1.807, 2.05) is 11.6 Å². The van der Waals surface area contributed by atoms with Crippen LogP contribution in [0.25, 0.3) is 0 Å². The van der Waals surface area contributed by atoms with E-state index in [9.17, 15) is 0 Å². The normalized spacial score (nSPS) is 15.4. The minimum Gasteiger partial charge on any atom is -0.346 e. The monoisotopic (exact) mass is 303 g/mol. The van der Waals surface area contributed by atoms with E-state index in [2.05, 4.69) is 59.0 Å². The van der Waals surface area contributed by atoms with E-state index in [-0.39, 0.29) is 0 Å². The highest BCUT2D eigenvalue weighted by Crippen LogP contribution is 2.19. The van der Waals surface area contributed by atoms with E-state index in [4.69, 9.17) is 0 Å². The molecule has 0 aliphatic carbocycles. The van der Waals surface area contributed by atoms with Crippen molar-refractivity contribution in [2.24, 2.45) is 0 Å². The van der Waals surface area contributed by atoms with Crippen LogP contribution in [0.3, 0.4) is 0 Å². The maximum atomic E-state index is 4.37. The van der Waals surface area contributed by atoms with E-state index in [1.165, 1.54) is 12.0 Å². The Bertz CT molecular complexity index is 476. The molecule has 0 N–H and O–H groups in total. The SMILES string of the molecule is CCC.c1ccc(CN2CCN(c3nccs3)CC2)cc1. The number of thiazole rings is 1.